The molecule has 0 aliphatic heterocycles. The van der Waals surface area contributed by atoms with Crippen LogP contribution in [0, 0.1) is 5.41 Å². The van der Waals surface area contributed by atoms with Crippen molar-refractivity contribution in [3.63, 3.8) is 0 Å². The SMILES string of the molecule is CCCCCCc1ccc(OC(=O)C(CC)(C(C)=O)C(=O)CCCCC)cc1. The lowest BCUT2D eigenvalue weighted by Gasteiger charge is -2.26. The van der Waals surface area contributed by atoms with E-state index in [2.05, 4.69) is 6.92 Å². The van der Waals surface area contributed by atoms with Crippen molar-refractivity contribution in [2.24, 2.45) is 5.41 Å². The summed E-state index contributed by atoms with van der Waals surface area (Å²) < 4.78 is 5.48. The third kappa shape index (κ3) is 6.57. The van der Waals surface area contributed by atoms with Crippen molar-refractivity contribution in [3.05, 3.63) is 29.8 Å². The fourth-order valence-corrected chi connectivity index (χ4v) is 3.47. The summed E-state index contributed by atoms with van der Waals surface area (Å²) in [6, 6.07) is 7.38. The Kier molecular flexibility index (Phi) is 10.7. The maximum absolute atomic E-state index is 12.8. The van der Waals surface area contributed by atoms with E-state index in [1.165, 1.54) is 31.7 Å². The second kappa shape index (κ2) is 12.5. The Morgan fingerprint density at radius 1 is 0.857 bits per heavy atom. The number of ketones is 2. The molecule has 0 aliphatic carbocycles. The predicted octanol–water partition coefficient (Wildman–Crippen LogP) is 5.85. The minimum Gasteiger partial charge on any atom is -0.425 e. The number of Topliss-reactive ketones (excluding diaryl/α,β-unsaturated/α-hetero) is 2. The largest absolute Gasteiger partial charge is 0.425 e. The highest BCUT2D eigenvalue weighted by atomic mass is 16.5. The zero-order valence-electron chi connectivity index (χ0n) is 18.0. The molecule has 0 heterocycles. The highest BCUT2D eigenvalue weighted by Gasteiger charge is 2.49. The number of hydrogen-bond acceptors (Lipinski definition) is 4. The van der Waals surface area contributed by atoms with E-state index < -0.39 is 17.2 Å². The van der Waals surface area contributed by atoms with Gasteiger partial charge in [-0.1, -0.05) is 65.0 Å². The molecule has 1 atom stereocenters. The molecule has 0 spiro atoms. The van der Waals surface area contributed by atoms with Crippen LogP contribution in [-0.2, 0) is 20.8 Å². The maximum atomic E-state index is 12.8. The molecule has 1 aromatic rings. The van der Waals surface area contributed by atoms with Crippen molar-refractivity contribution in [1.29, 1.82) is 0 Å². The minimum absolute atomic E-state index is 0.127. The number of rotatable bonds is 14. The van der Waals surface area contributed by atoms with Gasteiger partial charge < -0.3 is 4.74 Å². The van der Waals surface area contributed by atoms with E-state index in [1.54, 1.807) is 19.1 Å². The summed E-state index contributed by atoms with van der Waals surface area (Å²) >= 11 is 0. The second-order valence-electron chi connectivity index (χ2n) is 7.54. The molecule has 0 saturated heterocycles. The molecule has 0 radical (unpaired) electrons. The topological polar surface area (TPSA) is 60.4 Å². The lowest BCUT2D eigenvalue weighted by molar-refractivity contribution is -0.157. The first-order chi connectivity index (χ1) is 13.4. The molecule has 156 valence electrons. The van der Waals surface area contributed by atoms with Gasteiger partial charge in [0.2, 0.25) is 0 Å². The van der Waals surface area contributed by atoms with Crippen molar-refractivity contribution in [2.45, 2.75) is 91.9 Å². The molecule has 0 N–H and O–H groups in total. The van der Waals surface area contributed by atoms with Crippen LogP contribution >= 0.6 is 0 Å². The number of unbranched alkanes of at least 4 members (excludes halogenated alkanes) is 5. The first kappa shape index (κ1) is 24.1. The van der Waals surface area contributed by atoms with Crippen LogP contribution in [0.15, 0.2) is 24.3 Å². The Hall–Kier alpha value is -1.97. The summed E-state index contributed by atoms with van der Waals surface area (Å²) in [5.74, 6) is -1.13. The molecule has 1 aromatic carbocycles. The van der Waals surface area contributed by atoms with E-state index in [9.17, 15) is 14.4 Å². The summed E-state index contributed by atoms with van der Waals surface area (Å²) in [5.41, 5.74) is -0.494. The van der Waals surface area contributed by atoms with E-state index in [-0.39, 0.29) is 18.6 Å². The van der Waals surface area contributed by atoms with Crippen LogP contribution in [0.4, 0.5) is 0 Å². The molecule has 0 bridgehead atoms. The van der Waals surface area contributed by atoms with Crippen LogP contribution in [-0.4, -0.2) is 17.5 Å². The minimum atomic E-state index is -1.69. The van der Waals surface area contributed by atoms with Crippen molar-refractivity contribution in [3.8, 4) is 5.75 Å². The maximum Gasteiger partial charge on any atom is 0.332 e. The molecule has 0 aliphatic rings. The van der Waals surface area contributed by atoms with Crippen LogP contribution < -0.4 is 4.74 Å². The molecule has 0 amide bonds. The van der Waals surface area contributed by atoms with Crippen LogP contribution in [0.5, 0.6) is 5.75 Å². The Balaban J connectivity index is 2.82. The Morgan fingerprint density at radius 3 is 2.00 bits per heavy atom. The molecule has 4 heteroatoms. The first-order valence-electron chi connectivity index (χ1n) is 10.8. The van der Waals surface area contributed by atoms with E-state index in [4.69, 9.17) is 4.74 Å². The Labute approximate surface area is 170 Å². The predicted molar refractivity (Wildman–Crippen MR) is 112 cm³/mol. The molecule has 1 rings (SSSR count). The van der Waals surface area contributed by atoms with Crippen molar-refractivity contribution in [1.82, 2.24) is 0 Å². The lowest BCUT2D eigenvalue weighted by atomic mass is 9.75. The normalized spacial score (nSPS) is 13.0. The van der Waals surface area contributed by atoms with Gasteiger partial charge in [0.1, 0.15) is 5.75 Å². The van der Waals surface area contributed by atoms with Gasteiger partial charge in [-0.25, -0.2) is 0 Å². The average Bonchev–Trinajstić information content (AvgIpc) is 2.67. The number of carbonyl (C=O) groups is 3. The smallest absolute Gasteiger partial charge is 0.332 e. The fraction of sp³-hybridized carbons (Fsp3) is 0.625. The summed E-state index contributed by atoms with van der Waals surface area (Å²) in [6.07, 6.45) is 8.72. The summed E-state index contributed by atoms with van der Waals surface area (Å²) in [6.45, 7) is 7.24. The quantitative estimate of drug-likeness (QED) is 0.174. The van der Waals surface area contributed by atoms with Crippen LogP contribution in [0.2, 0.25) is 0 Å². The zero-order chi connectivity index (χ0) is 21.0. The third-order valence-corrected chi connectivity index (χ3v) is 5.42. The van der Waals surface area contributed by atoms with Gasteiger partial charge in [0.15, 0.2) is 17.0 Å². The first-order valence-corrected chi connectivity index (χ1v) is 10.8. The van der Waals surface area contributed by atoms with Gasteiger partial charge >= 0.3 is 5.97 Å². The molecule has 0 saturated carbocycles. The van der Waals surface area contributed by atoms with Crippen molar-refractivity contribution >= 4 is 17.5 Å². The van der Waals surface area contributed by atoms with E-state index in [0.717, 1.165) is 25.7 Å². The molecule has 1 unspecified atom stereocenters. The average molecular weight is 389 g/mol. The van der Waals surface area contributed by atoms with Gasteiger partial charge in [0, 0.05) is 6.42 Å². The summed E-state index contributed by atoms with van der Waals surface area (Å²) in [4.78, 5) is 37.9. The number of hydrogen-bond donors (Lipinski definition) is 0. The molecule has 28 heavy (non-hydrogen) atoms. The van der Waals surface area contributed by atoms with Crippen LogP contribution in [0.25, 0.3) is 0 Å². The lowest BCUT2D eigenvalue weighted by Crippen LogP contribution is -2.47. The monoisotopic (exact) mass is 388 g/mol. The van der Waals surface area contributed by atoms with Crippen LogP contribution in [0.1, 0.15) is 91.0 Å². The number of carbonyl (C=O) groups excluding carboxylic acids is 3. The fourth-order valence-electron chi connectivity index (χ4n) is 3.47. The molecule has 0 fully saturated rings. The standard InChI is InChI=1S/C24H36O4/c1-5-8-10-12-13-20-15-17-21(18-16-20)28-23(27)24(7-3,19(4)25)22(26)14-11-9-6-2/h15-18H,5-14H2,1-4H3. The molecular weight excluding hydrogens is 352 g/mol. The van der Waals surface area contributed by atoms with E-state index >= 15 is 0 Å². The number of esters is 1. The molecule has 0 aromatic heterocycles. The van der Waals surface area contributed by atoms with Gasteiger partial charge in [-0.3, -0.25) is 14.4 Å². The molecular formula is C24H36O4. The van der Waals surface area contributed by atoms with Gasteiger partial charge in [-0.2, -0.15) is 0 Å². The Bertz CT molecular complexity index is 633. The summed E-state index contributed by atoms with van der Waals surface area (Å²) in [5, 5.41) is 0. The van der Waals surface area contributed by atoms with E-state index in [1.807, 2.05) is 19.1 Å². The van der Waals surface area contributed by atoms with E-state index in [0.29, 0.717) is 12.2 Å². The number of aryl methyl sites for hydroxylation is 1. The third-order valence-electron chi connectivity index (χ3n) is 5.42. The van der Waals surface area contributed by atoms with Crippen molar-refractivity contribution < 1.29 is 19.1 Å². The number of ether oxygens (including phenoxy) is 1. The number of benzene rings is 1. The van der Waals surface area contributed by atoms with Gasteiger partial charge in [-0.05, 0) is 50.3 Å². The van der Waals surface area contributed by atoms with Gasteiger partial charge in [0.25, 0.3) is 0 Å². The zero-order valence-corrected chi connectivity index (χ0v) is 18.0. The van der Waals surface area contributed by atoms with Crippen LogP contribution in [0.3, 0.4) is 0 Å². The van der Waals surface area contributed by atoms with Gasteiger partial charge in [-0.15, -0.1) is 0 Å². The van der Waals surface area contributed by atoms with Gasteiger partial charge in [0.05, 0.1) is 0 Å². The summed E-state index contributed by atoms with van der Waals surface area (Å²) in [7, 11) is 0. The Morgan fingerprint density at radius 2 is 1.46 bits per heavy atom. The molecule has 4 nitrogen and oxygen atoms in total. The highest BCUT2D eigenvalue weighted by Crippen LogP contribution is 2.30. The van der Waals surface area contributed by atoms with Crippen molar-refractivity contribution in [2.75, 3.05) is 0 Å². The highest BCUT2D eigenvalue weighted by molar-refractivity contribution is 6.22. The second-order valence-corrected chi connectivity index (χ2v) is 7.54.